The van der Waals surface area contributed by atoms with E-state index in [0.29, 0.717) is 19.1 Å². The second-order valence-corrected chi connectivity index (χ2v) is 6.38. The van der Waals surface area contributed by atoms with Crippen LogP contribution in [0.4, 0.5) is 5.69 Å². The number of nitrogens with one attached hydrogen (secondary N) is 1. The summed E-state index contributed by atoms with van der Waals surface area (Å²) in [6, 6.07) is 7.65. The molecule has 7 heteroatoms. The van der Waals surface area contributed by atoms with Crippen LogP contribution in [-0.4, -0.2) is 35.6 Å². The summed E-state index contributed by atoms with van der Waals surface area (Å²) >= 11 is 0. The predicted molar refractivity (Wildman–Crippen MR) is 105 cm³/mol. The lowest BCUT2D eigenvalue weighted by atomic mass is 10.2. The van der Waals surface area contributed by atoms with E-state index < -0.39 is 0 Å². The molecule has 2 rings (SSSR count). The Morgan fingerprint density at radius 2 is 1.96 bits per heavy atom. The molecule has 1 heterocycles. The molecule has 7 nitrogen and oxygen atoms in total. The quantitative estimate of drug-likeness (QED) is 0.559. The molecular weight excluding hydrogens is 330 g/mol. The van der Waals surface area contributed by atoms with Crippen molar-refractivity contribution in [2.75, 3.05) is 19.0 Å². The maximum absolute atomic E-state index is 6.02. The van der Waals surface area contributed by atoms with Crippen molar-refractivity contribution in [3.05, 3.63) is 41.2 Å². The molecule has 26 heavy (non-hydrogen) atoms. The van der Waals surface area contributed by atoms with Gasteiger partial charge >= 0.3 is 0 Å². The number of anilines is 1. The third-order valence-electron chi connectivity index (χ3n) is 3.94. The highest BCUT2D eigenvalue weighted by Crippen LogP contribution is 2.17. The van der Waals surface area contributed by atoms with Gasteiger partial charge in [-0.05, 0) is 52.0 Å². The zero-order valence-corrected chi connectivity index (χ0v) is 16.2. The molecule has 0 unspecified atom stereocenters. The lowest BCUT2D eigenvalue weighted by molar-refractivity contribution is 0.182. The first kappa shape index (κ1) is 19.8. The van der Waals surface area contributed by atoms with Crippen molar-refractivity contribution in [1.82, 2.24) is 9.78 Å². The number of benzene rings is 1. The number of nitrogens with two attached hydrogens (primary N) is 1. The Balaban J connectivity index is 1.99. The number of hydrogen-bond acceptors (Lipinski definition) is 4. The minimum atomic E-state index is 0.150. The molecule has 2 aromatic rings. The van der Waals surface area contributed by atoms with Crippen LogP contribution in [0.5, 0.6) is 5.75 Å². The number of nitrogens with zero attached hydrogens (tertiary/aromatic N) is 3. The lowest BCUT2D eigenvalue weighted by Gasteiger charge is -2.11. The van der Waals surface area contributed by atoms with Crippen molar-refractivity contribution in [1.29, 1.82) is 0 Å². The molecule has 0 bridgehead atoms. The Bertz CT molecular complexity index is 735. The summed E-state index contributed by atoms with van der Waals surface area (Å²) in [7, 11) is 1.69. The van der Waals surface area contributed by atoms with E-state index >= 15 is 0 Å². The molecule has 0 amide bonds. The normalized spacial score (nSPS) is 11.8. The molecule has 142 valence electrons. The van der Waals surface area contributed by atoms with Gasteiger partial charge in [-0.15, -0.1) is 0 Å². The SMILES string of the molecule is COCCn1nc(C)c(CN=C(N)Nc2ccc(OC(C)C)cc2)c1C. The second kappa shape index (κ2) is 9.24. The van der Waals surface area contributed by atoms with E-state index in [2.05, 4.69) is 15.4 Å². The highest BCUT2D eigenvalue weighted by atomic mass is 16.5. The number of rotatable bonds is 8. The third-order valence-corrected chi connectivity index (χ3v) is 3.94. The van der Waals surface area contributed by atoms with Crippen molar-refractivity contribution in [3.63, 3.8) is 0 Å². The van der Waals surface area contributed by atoms with Gasteiger partial charge in [-0.3, -0.25) is 4.68 Å². The summed E-state index contributed by atoms with van der Waals surface area (Å²) in [5.41, 5.74) is 10.0. The monoisotopic (exact) mass is 359 g/mol. The molecule has 0 fully saturated rings. The number of aryl methyl sites for hydroxylation is 1. The van der Waals surface area contributed by atoms with Crippen molar-refractivity contribution >= 4 is 11.6 Å². The maximum Gasteiger partial charge on any atom is 0.193 e. The standard InChI is InChI=1S/C19H29N5O2/c1-13(2)26-17-8-6-16(7-9-17)22-19(20)21-12-18-14(3)23-24(15(18)4)10-11-25-5/h6-9,13H,10-12H2,1-5H3,(H3,20,21,22). The van der Waals surface area contributed by atoms with Gasteiger partial charge in [-0.1, -0.05) is 0 Å². The molecule has 0 atom stereocenters. The number of aromatic nitrogens is 2. The van der Waals surface area contributed by atoms with E-state index in [1.807, 2.05) is 56.6 Å². The van der Waals surface area contributed by atoms with E-state index in [-0.39, 0.29) is 6.10 Å². The Labute approximate surface area is 155 Å². The van der Waals surface area contributed by atoms with Crippen LogP contribution in [0.25, 0.3) is 0 Å². The maximum atomic E-state index is 6.02. The minimum absolute atomic E-state index is 0.150. The van der Waals surface area contributed by atoms with E-state index in [1.54, 1.807) is 7.11 Å². The number of hydrogen-bond donors (Lipinski definition) is 2. The molecule has 0 saturated heterocycles. The largest absolute Gasteiger partial charge is 0.491 e. The Hall–Kier alpha value is -2.54. The molecule has 0 aliphatic rings. The molecule has 0 spiro atoms. The average Bonchev–Trinajstić information content (AvgIpc) is 2.86. The van der Waals surface area contributed by atoms with Crippen LogP contribution in [0.3, 0.4) is 0 Å². The van der Waals surface area contributed by atoms with Crippen LogP contribution in [0.1, 0.15) is 30.8 Å². The predicted octanol–water partition coefficient (Wildman–Crippen LogP) is 2.86. The van der Waals surface area contributed by atoms with Crippen molar-refractivity contribution in [2.24, 2.45) is 10.7 Å². The minimum Gasteiger partial charge on any atom is -0.491 e. The summed E-state index contributed by atoms with van der Waals surface area (Å²) in [6.07, 6.45) is 0.150. The molecule has 0 aliphatic carbocycles. The molecule has 1 aromatic carbocycles. The zero-order valence-electron chi connectivity index (χ0n) is 16.2. The topological polar surface area (TPSA) is 86.7 Å². The Morgan fingerprint density at radius 1 is 1.27 bits per heavy atom. The first-order chi connectivity index (χ1) is 12.4. The van der Waals surface area contributed by atoms with Crippen LogP contribution >= 0.6 is 0 Å². The smallest absolute Gasteiger partial charge is 0.193 e. The first-order valence-corrected chi connectivity index (χ1v) is 8.76. The number of guanidine groups is 1. The number of aliphatic imine (C=N–C) groups is 1. The van der Waals surface area contributed by atoms with Crippen LogP contribution in [0.2, 0.25) is 0 Å². The molecular formula is C19H29N5O2. The van der Waals surface area contributed by atoms with Gasteiger partial charge in [0.1, 0.15) is 5.75 Å². The average molecular weight is 359 g/mol. The zero-order chi connectivity index (χ0) is 19.1. The molecule has 0 saturated carbocycles. The van der Waals surface area contributed by atoms with Crippen LogP contribution in [0.15, 0.2) is 29.3 Å². The second-order valence-electron chi connectivity index (χ2n) is 6.38. The van der Waals surface area contributed by atoms with Crippen molar-refractivity contribution < 1.29 is 9.47 Å². The Kier molecular flexibility index (Phi) is 7.03. The molecule has 0 aliphatic heterocycles. The molecule has 0 radical (unpaired) electrons. The summed E-state index contributed by atoms with van der Waals surface area (Å²) in [5, 5.41) is 7.63. The summed E-state index contributed by atoms with van der Waals surface area (Å²) in [4.78, 5) is 4.44. The summed E-state index contributed by atoms with van der Waals surface area (Å²) in [6.45, 7) is 9.86. The number of ether oxygens (including phenoxy) is 2. The summed E-state index contributed by atoms with van der Waals surface area (Å²) < 4.78 is 12.7. The fourth-order valence-corrected chi connectivity index (χ4v) is 2.60. The van der Waals surface area contributed by atoms with Gasteiger partial charge in [0, 0.05) is 24.1 Å². The molecule has 1 aromatic heterocycles. The van der Waals surface area contributed by atoms with Gasteiger partial charge in [-0.25, -0.2) is 4.99 Å². The van der Waals surface area contributed by atoms with Gasteiger partial charge in [0.25, 0.3) is 0 Å². The molecule has 3 N–H and O–H groups in total. The first-order valence-electron chi connectivity index (χ1n) is 8.76. The van der Waals surface area contributed by atoms with Gasteiger partial charge in [0.2, 0.25) is 0 Å². The number of methoxy groups -OCH3 is 1. The van der Waals surface area contributed by atoms with Gasteiger partial charge in [-0.2, -0.15) is 5.10 Å². The van der Waals surface area contributed by atoms with Gasteiger partial charge in [0.15, 0.2) is 5.96 Å². The van der Waals surface area contributed by atoms with E-state index in [4.69, 9.17) is 15.2 Å². The Morgan fingerprint density at radius 3 is 2.58 bits per heavy atom. The van der Waals surface area contributed by atoms with E-state index in [9.17, 15) is 0 Å². The lowest BCUT2D eigenvalue weighted by Crippen LogP contribution is -2.22. The van der Waals surface area contributed by atoms with Crippen LogP contribution in [-0.2, 0) is 17.8 Å². The highest BCUT2D eigenvalue weighted by molar-refractivity contribution is 5.92. The fraction of sp³-hybridized carbons (Fsp3) is 0.474. The highest BCUT2D eigenvalue weighted by Gasteiger charge is 2.11. The van der Waals surface area contributed by atoms with Crippen LogP contribution < -0.4 is 15.8 Å². The van der Waals surface area contributed by atoms with E-state index in [1.165, 1.54) is 0 Å². The fourth-order valence-electron chi connectivity index (χ4n) is 2.60. The third kappa shape index (κ3) is 5.49. The summed E-state index contributed by atoms with van der Waals surface area (Å²) in [5.74, 6) is 1.20. The van der Waals surface area contributed by atoms with Gasteiger partial charge in [0.05, 0.1) is 31.5 Å². The van der Waals surface area contributed by atoms with Crippen LogP contribution in [0, 0.1) is 13.8 Å². The van der Waals surface area contributed by atoms with Crippen molar-refractivity contribution in [2.45, 2.75) is 46.9 Å². The van der Waals surface area contributed by atoms with E-state index in [0.717, 1.165) is 34.9 Å². The van der Waals surface area contributed by atoms with Crippen molar-refractivity contribution in [3.8, 4) is 5.75 Å². The van der Waals surface area contributed by atoms with Gasteiger partial charge < -0.3 is 20.5 Å².